The maximum atomic E-state index is 12.8. The van der Waals surface area contributed by atoms with Gasteiger partial charge >= 0.3 is 0 Å². The van der Waals surface area contributed by atoms with E-state index in [2.05, 4.69) is 10.2 Å². The van der Waals surface area contributed by atoms with E-state index in [1.54, 1.807) is 0 Å². The average molecular weight is 394 g/mol. The minimum absolute atomic E-state index is 0.0105. The highest BCUT2D eigenvalue weighted by Crippen LogP contribution is 2.21. The molecule has 0 aromatic heterocycles. The molecule has 0 saturated carbocycles. The summed E-state index contributed by atoms with van der Waals surface area (Å²) in [7, 11) is -2.90. The van der Waals surface area contributed by atoms with Crippen LogP contribution in [0.1, 0.15) is 31.4 Å². The van der Waals surface area contributed by atoms with Gasteiger partial charge < -0.3 is 10.2 Å². The van der Waals surface area contributed by atoms with Crippen molar-refractivity contribution >= 4 is 21.7 Å². The third-order valence-electron chi connectivity index (χ3n) is 5.35. The first-order chi connectivity index (χ1) is 12.8. The summed E-state index contributed by atoms with van der Waals surface area (Å²) in [5.41, 5.74) is 0.913. The first-order valence-corrected chi connectivity index (χ1v) is 11.2. The SMILES string of the molecule is CC(=O)N[C@H](CC(=O)N1CCN([C@@H]2CCS(=O)(=O)C2)CC1)c1ccccc1. The predicted octanol–water partition coefficient (Wildman–Crippen LogP) is 0.585. The Morgan fingerprint density at radius 1 is 1.15 bits per heavy atom. The Balaban J connectivity index is 1.55. The lowest BCUT2D eigenvalue weighted by Gasteiger charge is -2.38. The van der Waals surface area contributed by atoms with Gasteiger partial charge in [0, 0.05) is 39.1 Å². The molecular weight excluding hydrogens is 366 g/mol. The summed E-state index contributed by atoms with van der Waals surface area (Å²) in [6, 6.07) is 9.25. The molecular formula is C19H27N3O4S. The molecule has 0 aliphatic carbocycles. The van der Waals surface area contributed by atoms with Crippen molar-refractivity contribution in [1.29, 1.82) is 0 Å². The van der Waals surface area contributed by atoms with Gasteiger partial charge in [-0.25, -0.2) is 8.42 Å². The number of carbonyl (C=O) groups excluding carboxylic acids is 2. The first-order valence-electron chi connectivity index (χ1n) is 9.38. The van der Waals surface area contributed by atoms with Crippen LogP contribution in [-0.4, -0.2) is 73.8 Å². The van der Waals surface area contributed by atoms with E-state index in [1.165, 1.54) is 6.92 Å². The molecule has 0 radical (unpaired) electrons. The van der Waals surface area contributed by atoms with Crippen molar-refractivity contribution in [3.8, 4) is 0 Å². The highest BCUT2D eigenvalue weighted by atomic mass is 32.2. The minimum atomic E-state index is -2.90. The van der Waals surface area contributed by atoms with Crippen molar-refractivity contribution in [2.45, 2.75) is 31.8 Å². The average Bonchev–Trinajstić information content (AvgIpc) is 3.01. The Labute approximate surface area is 160 Å². The monoisotopic (exact) mass is 393 g/mol. The number of benzene rings is 1. The first kappa shape index (κ1) is 19.8. The van der Waals surface area contributed by atoms with Gasteiger partial charge in [-0.15, -0.1) is 0 Å². The fourth-order valence-corrected chi connectivity index (χ4v) is 5.65. The number of hydrogen-bond acceptors (Lipinski definition) is 5. The molecule has 1 N–H and O–H groups in total. The van der Waals surface area contributed by atoms with E-state index in [-0.39, 0.29) is 41.8 Å². The smallest absolute Gasteiger partial charge is 0.225 e. The van der Waals surface area contributed by atoms with Crippen LogP contribution in [0.4, 0.5) is 0 Å². The Morgan fingerprint density at radius 3 is 2.37 bits per heavy atom. The number of nitrogens with one attached hydrogen (secondary N) is 1. The highest BCUT2D eigenvalue weighted by molar-refractivity contribution is 7.91. The van der Waals surface area contributed by atoms with Crippen molar-refractivity contribution in [1.82, 2.24) is 15.1 Å². The van der Waals surface area contributed by atoms with Gasteiger partial charge in [-0.3, -0.25) is 14.5 Å². The third kappa shape index (κ3) is 5.29. The molecule has 2 aliphatic heterocycles. The third-order valence-corrected chi connectivity index (χ3v) is 7.10. The molecule has 3 rings (SSSR count). The highest BCUT2D eigenvalue weighted by Gasteiger charge is 2.34. The van der Waals surface area contributed by atoms with Crippen LogP contribution in [0.25, 0.3) is 0 Å². The summed E-state index contributed by atoms with van der Waals surface area (Å²) in [4.78, 5) is 28.3. The molecule has 1 aromatic rings. The topological polar surface area (TPSA) is 86.8 Å². The van der Waals surface area contributed by atoms with E-state index in [9.17, 15) is 18.0 Å². The Hall–Kier alpha value is -1.93. The molecule has 2 fully saturated rings. The second-order valence-corrected chi connectivity index (χ2v) is 9.57. The van der Waals surface area contributed by atoms with E-state index in [0.717, 1.165) is 5.56 Å². The molecule has 0 unspecified atom stereocenters. The molecule has 0 spiro atoms. The number of amides is 2. The number of rotatable bonds is 5. The van der Waals surface area contributed by atoms with Gasteiger partial charge in [0.2, 0.25) is 11.8 Å². The van der Waals surface area contributed by atoms with Crippen LogP contribution in [0.15, 0.2) is 30.3 Å². The fraction of sp³-hybridized carbons (Fsp3) is 0.579. The van der Waals surface area contributed by atoms with Crippen molar-refractivity contribution in [2.24, 2.45) is 0 Å². The minimum Gasteiger partial charge on any atom is -0.349 e. The van der Waals surface area contributed by atoms with Crippen molar-refractivity contribution in [3.63, 3.8) is 0 Å². The maximum absolute atomic E-state index is 12.8. The number of sulfone groups is 1. The molecule has 0 bridgehead atoms. The molecule has 148 valence electrons. The summed E-state index contributed by atoms with van der Waals surface area (Å²) in [6.07, 6.45) is 0.913. The second-order valence-electron chi connectivity index (χ2n) is 7.34. The lowest BCUT2D eigenvalue weighted by Crippen LogP contribution is -2.52. The molecule has 27 heavy (non-hydrogen) atoms. The molecule has 8 heteroatoms. The summed E-state index contributed by atoms with van der Waals surface area (Å²) in [5, 5.41) is 2.87. The molecule has 2 saturated heterocycles. The van der Waals surface area contributed by atoms with Gasteiger partial charge in [0.05, 0.1) is 24.0 Å². The molecule has 2 amide bonds. The molecule has 2 aliphatic rings. The lowest BCUT2D eigenvalue weighted by molar-refractivity contribution is -0.134. The van der Waals surface area contributed by atoms with Crippen molar-refractivity contribution < 1.29 is 18.0 Å². The second kappa shape index (κ2) is 8.39. The Kier molecular flexibility index (Phi) is 6.16. The zero-order valence-electron chi connectivity index (χ0n) is 15.6. The lowest BCUT2D eigenvalue weighted by atomic mass is 10.0. The van der Waals surface area contributed by atoms with Crippen LogP contribution >= 0.6 is 0 Å². The number of nitrogens with zero attached hydrogens (tertiary/aromatic N) is 2. The van der Waals surface area contributed by atoms with E-state index in [4.69, 9.17) is 0 Å². The molecule has 2 atom stereocenters. The molecule has 7 nitrogen and oxygen atoms in total. The standard InChI is InChI=1S/C19H27N3O4S/c1-15(23)20-18(16-5-3-2-4-6-16)13-19(24)22-10-8-21(9-11-22)17-7-12-27(25,26)14-17/h2-6,17-18H,7-14H2,1H3,(H,20,23)/t17-,18-/m1/s1. The van der Waals surface area contributed by atoms with Gasteiger partial charge in [-0.2, -0.15) is 0 Å². The normalized spacial score (nSPS) is 23.7. The van der Waals surface area contributed by atoms with Crippen molar-refractivity contribution in [3.05, 3.63) is 35.9 Å². The van der Waals surface area contributed by atoms with Gasteiger partial charge in [-0.05, 0) is 12.0 Å². The van der Waals surface area contributed by atoms with Gasteiger partial charge in [-0.1, -0.05) is 30.3 Å². The summed E-state index contributed by atoms with van der Waals surface area (Å²) in [6.45, 7) is 4.03. The summed E-state index contributed by atoms with van der Waals surface area (Å²) < 4.78 is 23.3. The Morgan fingerprint density at radius 2 is 1.81 bits per heavy atom. The van der Waals surface area contributed by atoms with Crippen LogP contribution in [-0.2, 0) is 19.4 Å². The van der Waals surface area contributed by atoms with Gasteiger partial charge in [0.25, 0.3) is 0 Å². The van der Waals surface area contributed by atoms with Crippen molar-refractivity contribution in [2.75, 3.05) is 37.7 Å². The van der Waals surface area contributed by atoms with Crippen LogP contribution in [0, 0.1) is 0 Å². The quantitative estimate of drug-likeness (QED) is 0.791. The predicted molar refractivity (Wildman–Crippen MR) is 103 cm³/mol. The van der Waals surface area contributed by atoms with E-state index >= 15 is 0 Å². The van der Waals surface area contributed by atoms with E-state index < -0.39 is 9.84 Å². The van der Waals surface area contributed by atoms with Crippen LogP contribution < -0.4 is 5.32 Å². The van der Waals surface area contributed by atoms with E-state index in [1.807, 2.05) is 35.2 Å². The fourth-order valence-electron chi connectivity index (χ4n) is 3.89. The number of hydrogen-bond donors (Lipinski definition) is 1. The van der Waals surface area contributed by atoms with Crippen LogP contribution in [0.3, 0.4) is 0 Å². The summed E-state index contributed by atoms with van der Waals surface area (Å²) in [5.74, 6) is 0.353. The van der Waals surface area contributed by atoms with Crippen LogP contribution in [0.5, 0.6) is 0 Å². The zero-order chi connectivity index (χ0) is 19.4. The number of carbonyl (C=O) groups is 2. The molecule has 1 aromatic carbocycles. The van der Waals surface area contributed by atoms with E-state index in [0.29, 0.717) is 32.6 Å². The van der Waals surface area contributed by atoms with Gasteiger partial charge in [0.15, 0.2) is 9.84 Å². The Bertz CT molecular complexity index is 773. The molecule has 2 heterocycles. The number of piperazine rings is 1. The van der Waals surface area contributed by atoms with Crippen LogP contribution in [0.2, 0.25) is 0 Å². The zero-order valence-corrected chi connectivity index (χ0v) is 16.5. The largest absolute Gasteiger partial charge is 0.349 e. The maximum Gasteiger partial charge on any atom is 0.225 e. The summed E-state index contributed by atoms with van der Waals surface area (Å²) >= 11 is 0. The van der Waals surface area contributed by atoms with Gasteiger partial charge in [0.1, 0.15) is 0 Å².